The molecule has 0 saturated heterocycles. The molecular weight excluding hydrogens is 329 g/mol. The number of anilines is 1. The molecule has 0 bridgehead atoms. The third kappa shape index (κ3) is 2.43. The first-order chi connectivity index (χ1) is 8.13. The minimum atomic E-state index is 0.640. The van der Waals surface area contributed by atoms with Gasteiger partial charge in [-0.05, 0) is 55.0 Å². The molecule has 1 N–H and O–H groups in total. The van der Waals surface area contributed by atoms with Gasteiger partial charge in [-0.15, -0.1) is 0 Å². The van der Waals surface area contributed by atoms with Crippen LogP contribution in [0.15, 0.2) is 16.7 Å². The molecule has 0 saturated carbocycles. The summed E-state index contributed by atoms with van der Waals surface area (Å²) >= 11 is 2.25. The Labute approximate surface area is 114 Å². The van der Waals surface area contributed by atoms with Gasteiger partial charge in [-0.1, -0.05) is 0 Å². The Morgan fingerprint density at radius 2 is 2.12 bits per heavy atom. The Balaban J connectivity index is 2.53. The van der Waals surface area contributed by atoms with Crippen LogP contribution in [0.2, 0.25) is 0 Å². The van der Waals surface area contributed by atoms with Crippen molar-refractivity contribution in [2.24, 2.45) is 0 Å². The molecule has 0 amide bonds. The van der Waals surface area contributed by atoms with Crippen molar-refractivity contribution < 1.29 is 4.42 Å². The monoisotopic (exact) mass is 343 g/mol. The second-order valence-electron chi connectivity index (χ2n) is 3.76. The minimum Gasteiger partial charge on any atom is -0.461 e. The number of nitrogens with zero attached hydrogens (tertiary/aromatic N) is 2. The van der Waals surface area contributed by atoms with Crippen LogP contribution >= 0.6 is 22.6 Å². The summed E-state index contributed by atoms with van der Waals surface area (Å²) in [5.74, 6) is 2.25. The highest BCUT2D eigenvalue weighted by molar-refractivity contribution is 14.1. The average Bonchev–Trinajstić information content (AvgIpc) is 2.71. The van der Waals surface area contributed by atoms with Gasteiger partial charge in [0.2, 0.25) is 0 Å². The Bertz CT molecular complexity index is 537. The number of halogens is 1. The van der Waals surface area contributed by atoms with Crippen molar-refractivity contribution >= 4 is 28.4 Å². The Morgan fingerprint density at radius 1 is 1.35 bits per heavy atom. The zero-order valence-corrected chi connectivity index (χ0v) is 12.2. The van der Waals surface area contributed by atoms with E-state index in [0.29, 0.717) is 5.82 Å². The molecule has 2 rings (SSSR count). The fourth-order valence-electron chi connectivity index (χ4n) is 1.55. The molecule has 0 aliphatic heterocycles. The maximum atomic E-state index is 5.42. The van der Waals surface area contributed by atoms with E-state index in [0.717, 1.165) is 33.0 Å². The van der Waals surface area contributed by atoms with Crippen LogP contribution in [-0.2, 0) is 0 Å². The van der Waals surface area contributed by atoms with Crippen molar-refractivity contribution in [3.63, 3.8) is 0 Å². The highest BCUT2D eigenvalue weighted by atomic mass is 127. The molecule has 5 heteroatoms. The average molecular weight is 343 g/mol. The van der Waals surface area contributed by atoms with E-state index in [4.69, 9.17) is 4.42 Å². The van der Waals surface area contributed by atoms with E-state index in [2.05, 4.69) is 37.9 Å². The molecule has 0 atom stereocenters. The Hall–Kier alpha value is -1.11. The van der Waals surface area contributed by atoms with E-state index < -0.39 is 0 Å². The zero-order chi connectivity index (χ0) is 12.4. The van der Waals surface area contributed by atoms with Gasteiger partial charge in [0.25, 0.3) is 0 Å². The van der Waals surface area contributed by atoms with E-state index in [1.807, 2.05) is 26.8 Å². The van der Waals surface area contributed by atoms with Crippen molar-refractivity contribution in [2.75, 3.05) is 11.9 Å². The highest BCUT2D eigenvalue weighted by Gasteiger charge is 2.13. The number of nitrogens with one attached hydrogen (secondary N) is 1. The summed E-state index contributed by atoms with van der Waals surface area (Å²) in [6, 6.07) is 1.92. The van der Waals surface area contributed by atoms with E-state index >= 15 is 0 Å². The molecule has 0 fully saturated rings. The molecule has 90 valence electrons. The van der Waals surface area contributed by atoms with E-state index in [-0.39, 0.29) is 0 Å². The largest absolute Gasteiger partial charge is 0.461 e. The number of hydrogen-bond donors (Lipinski definition) is 1. The summed E-state index contributed by atoms with van der Waals surface area (Å²) in [6.45, 7) is 6.85. The highest BCUT2D eigenvalue weighted by Crippen LogP contribution is 2.26. The maximum Gasteiger partial charge on any atom is 0.198 e. The van der Waals surface area contributed by atoms with Crippen LogP contribution in [0.4, 0.5) is 5.82 Å². The lowest BCUT2D eigenvalue weighted by atomic mass is 10.2. The van der Waals surface area contributed by atoms with Crippen LogP contribution in [0.5, 0.6) is 0 Å². The second-order valence-corrected chi connectivity index (χ2v) is 4.84. The summed E-state index contributed by atoms with van der Waals surface area (Å²) in [7, 11) is 0. The standard InChI is InChI=1S/C12H14IN3O/c1-4-14-11-9(13)8(3)15-12(16-11)10-7(2)5-6-17-10/h5-6H,4H2,1-3H3,(H,14,15,16). The summed E-state index contributed by atoms with van der Waals surface area (Å²) in [5, 5.41) is 3.24. The van der Waals surface area contributed by atoms with Crippen LogP contribution in [0.3, 0.4) is 0 Å². The number of hydrogen-bond acceptors (Lipinski definition) is 4. The SMILES string of the molecule is CCNc1nc(-c2occc2C)nc(C)c1I. The predicted molar refractivity (Wildman–Crippen MR) is 76.1 cm³/mol. The van der Waals surface area contributed by atoms with Gasteiger partial charge in [0, 0.05) is 6.54 Å². The summed E-state index contributed by atoms with van der Waals surface area (Å²) in [6.07, 6.45) is 1.66. The number of rotatable bonds is 3. The van der Waals surface area contributed by atoms with Crippen molar-refractivity contribution in [3.05, 3.63) is 27.2 Å². The van der Waals surface area contributed by atoms with Crippen LogP contribution in [0.25, 0.3) is 11.6 Å². The first kappa shape index (κ1) is 12.3. The van der Waals surface area contributed by atoms with Gasteiger partial charge in [-0.3, -0.25) is 0 Å². The van der Waals surface area contributed by atoms with Crippen molar-refractivity contribution in [1.82, 2.24) is 9.97 Å². The number of aromatic nitrogens is 2. The molecule has 2 aromatic rings. The minimum absolute atomic E-state index is 0.640. The van der Waals surface area contributed by atoms with Gasteiger partial charge in [-0.25, -0.2) is 9.97 Å². The molecule has 0 aromatic carbocycles. The van der Waals surface area contributed by atoms with Crippen LogP contribution in [0, 0.1) is 17.4 Å². The van der Waals surface area contributed by atoms with Crippen molar-refractivity contribution in [1.29, 1.82) is 0 Å². The van der Waals surface area contributed by atoms with E-state index in [9.17, 15) is 0 Å². The molecule has 0 radical (unpaired) electrons. The van der Waals surface area contributed by atoms with Gasteiger partial charge < -0.3 is 9.73 Å². The zero-order valence-electron chi connectivity index (χ0n) is 10.0. The summed E-state index contributed by atoms with van der Waals surface area (Å²) < 4.78 is 6.48. The fourth-order valence-corrected chi connectivity index (χ4v) is 1.98. The molecule has 2 aromatic heterocycles. The van der Waals surface area contributed by atoms with Crippen LogP contribution in [-0.4, -0.2) is 16.5 Å². The smallest absolute Gasteiger partial charge is 0.198 e. The van der Waals surface area contributed by atoms with Gasteiger partial charge in [-0.2, -0.15) is 0 Å². The molecule has 4 nitrogen and oxygen atoms in total. The number of aryl methyl sites for hydroxylation is 2. The van der Waals surface area contributed by atoms with E-state index in [1.54, 1.807) is 6.26 Å². The lowest BCUT2D eigenvalue weighted by Gasteiger charge is -2.09. The van der Waals surface area contributed by atoms with Crippen molar-refractivity contribution in [3.8, 4) is 11.6 Å². The summed E-state index contributed by atoms with van der Waals surface area (Å²) in [5.41, 5.74) is 2.01. The van der Waals surface area contributed by atoms with Crippen LogP contribution < -0.4 is 5.32 Å². The molecule has 0 spiro atoms. The lowest BCUT2D eigenvalue weighted by Crippen LogP contribution is -2.06. The Kier molecular flexibility index (Phi) is 3.66. The quantitative estimate of drug-likeness (QED) is 0.868. The normalized spacial score (nSPS) is 10.6. The van der Waals surface area contributed by atoms with Crippen LogP contribution in [0.1, 0.15) is 18.2 Å². The molecule has 17 heavy (non-hydrogen) atoms. The number of furan rings is 1. The Morgan fingerprint density at radius 3 is 2.71 bits per heavy atom. The second kappa shape index (κ2) is 5.03. The van der Waals surface area contributed by atoms with Gasteiger partial charge in [0.1, 0.15) is 5.82 Å². The maximum absolute atomic E-state index is 5.42. The third-order valence-electron chi connectivity index (χ3n) is 2.43. The van der Waals surface area contributed by atoms with Gasteiger partial charge in [0.05, 0.1) is 15.5 Å². The summed E-state index contributed by atoms with van der Waals surface area (Å²) in [4.78, 5) is 8.97. The third-order valence-corrected chi connectivity index (χ3v) is 3.72. The molecule has 2 heterocycles. The van der Waals surface area contributed by atoms with Crippen molar-refractivity contribution in [2.45, 2.75) is 20.8 Å². The molecule has 0 aliphatic rings. The van der Waals surface area contributed by atoms with Gasteiger partial charge in [0.15, 0.2) is 11.6 Å². The lowest BCUT2D eigenvalue weighted by molar-refractivity contribution is 0.575. The topological polar surface area (TPSA) is 51.0 Å². The van der Waals surface area contributed by atoms with E-state index in [1.165, 1.54) is 0 Å². The first-order valence-corrected chi connectivity index (χ1v) is 6.53. The fraction of sp³-hybridized carbons (Fsp3) is 0.333. The molecule has 0 unspecified atom stereocenters. The van der Waals surface area contributed by atoms with Gasteiger partial charge >= 0.3 is 0 Å². The first-order valence-electron chi connectivity index (χ1n) is 5.46. The predicted octanol–water partition coefficient (Wildman–Crippen LogP) is 3.39. The molecular formula is C12H14IN3O. The molecule has 0 aliphatic carbocycles.